The van der Waals surface area contributed by atoms with Crippen molar-refractivity contribution < 1.29 is 5.32 Å². The van der Waals surface area contributed by atoms with Crippen molar-refractivity contribution in [2.24, 2.45) is 4.99 Å². The lowest BCUT2D eigenvalue weighted by Gasteiger charge is -2.24. The molecule has 2 N–H and O–H groups in total. The number of aliphatic imine (C=N–C) groups is 1. The summed E-state index contributed by atoms with van der Waals surface area (Å²) in [5.74, 6) is 0. The van der Waals surface area contributed by atoms with Crippen LogP contribution in [-0.2, 0) is 16.2 Å². The van der Waals surface area contributed by atoms with Crippen molar-refractivity contribution in [2.75, 3.05) is 0 Å². The van der Waals surface area contributed by atoms with Crippen LogP contribution >= 0.6 is 0 Å². The van der Waals surface area contributed by atoms with Crippen LogP contribution in [-0.4, -0.2) is 6.21 Å². The average Bonchev–Trinajstić information content (AvgIpc) is 3.80. The highest BCUT2D eigenvalue weighted by molar-refractivity contribution is 5.90. The molecule has 0 amide bonds. The SMILES string of the molecule is CC1(C)c2ccccc2-c2ccc(-c3cc(-c4ccccc4)cc(-c4ccc5c(c4)C(C)(C)c4cc(-c6ccc7c(c6)C(C)(C)c6cc(C8N=CC=C[NH2+]8)ccc6-7)ccc4-5)c3)cc21. The van der Waals surface area contributed by atoms with Gasteiger partial charge in [-0.05, 0) is 160 Å². The molecular formula is C61H51N2+. The molecule has 1 unspecified atom stereocenters. The van der Waals surface area contributed by atoms with Crippen molar-refractivity contribution >= 4 is 6.21 Å². The molecular weight excluding hydrogens is 761 g/mol. The minimum atomic E-state index is -0.173. The number of nitrogens with zero attached hydrogens (tertiary/aromatic N) is 1. The third-order valence-electron chi connectivity index (χ3n) is 15.1. The smallest absolute Gasteiger partial charge is 0.209 e. The van der Waals surface area contributed by atoms with Crippen LogP contribution in [0, 0.1) is 0 Å². The first-order valence-electron chi connectivity index (χ1n) is 22.5. The Hall–Kier alpha value is -6.87. The fourth-order valence-electron chi connectivity index (χ4n) is 11.5. The maximum absolute atomic E-state index is 4.73. The summed E-state index contributed by atoms with van der Waals surface area (Å²) in [5, 5.41) is 2.18. The van der Waals surface area contributed by atoms with Crippen molar-refractivity contribution in [3.8, 4) is 77.9 Å². The number of quaternary nitrogens is 1. The molecule has 2 heteroatoms. The number of fused-ring (bicyclic) bond motifs is 9. The molecule has 0 radical (unpaired) electrons. The van der Waals surface area contributed by atoms with E-state index in [0.717, 1.165) is 0 Å². The van der Waals surface area contributed by atoms with Crippen LogP contribution in [0.3, 0.4) is 0 Å². The molecule has 1 aliphatic heterocycles. The Bertz CT molecular complexity index is 3280. The largest absolute Gasteiger partial charge is 0.295 e. The minimum Gasteiger partial charge on any atom is -0.295 e. The van der Waals surface area contributed by atoms with Gasteiger partial charge < -0.3 is 0 Å². The van der Waals surface area contributed by atoms with Gasteiger partial charge in [-0.25, -0.2) is 4.99 Å². The van der Waals surface area contributed by atoms with Gasteiger partial charge in [0.1, 0.15) is 0 Å². The van der Waals surface area contributed by atoms with E-state index < -0.39 is 0 Å². The topological polar surface area (TPSA) is 29.0 Å². The molecule has 4 aliphatic rings. The lowest BCUT2D eigenvalue weighted by Crippen LogP contribution is -2.79. The Morgan fingerprint density at radius 1 is 0.349 bits per heavy atom. The monoisotopic (exact) mass is 811 g/mol. The lowest BCUT2D eigenvalue weighted by molar-refractivity contribution is -0.632. The summed E-state index contributed by atoms with van der Waals surface area (Å²) in [4.78, 5) is 4.73. The number of nitrogens with two attached hydrogens (primary N) is 1. The molecule has 8 aromatic carbocycles. The van der Waals surface area contributed by atoms with E-state index >= 15 is 0 Å². The van der Waals surface area contributed by atoms with Crippen LogP contribution in [0.15, 0.2) is 181 Å². The van der Waals surface area contributed by atoms with E-state index in [0.29, 0.717) is 0 Å². The molecule has 0 aromatic heterocycles. The molecule has 1 heterocycles. The molecule has 3 aliphatic carbocycles. The predicted molar refractivity (Wildman–Crippen MR) is 263 cm³/mol. The summed E-state index contributed by atoms with van der Waals surface area (Å²) < 4.78 is 0. The third kappa shape index (κ3) is 5.71. The van der Waals surface area contributed by atoms with Crippen LogP contribution in [0.4, 0.5) is 0 Å². The Kier molecular flexibility index (Phi) is 8.15. The fraction of sp³-hybridized carbons (Fsp3) is 0.164. The highest BCUT2D eigenvalue weighted by Crippen LogP contribution is 2.54. The zero-order valence-corrected chi connectivity index (χ0v) is 36.9. The van der Waals surface area contributed by atoms with Gasteiger partial charge in [0, 0.05) is 34.1 Å². The molecule has 0 saturated carbocycles. The second-order valence-corrected chi connectivity index (χ2v) is 19.8. The Morgan fingerprint density at radius 2 is 0.746 bits per heavy atom. The van der Waals surface area contributed by atoms with Gasteiger partial charge in [0.15, 0.2) is 0 Å². The van der Waals surface area contributed by atoms with Crippen molar-refractivity contribution in [3.63, 3.8) is 0 Å². The second-order valence-electron chi connectivity index (χ2n) is 19.8. The number of allylic oxidation sites excluding steroid dienone is 1. The van der Waals surface area contributed by atoms with Gasteiger partial charge >= 0.3 is 0 Å². The minimum absolute atomic E-state index is 0.0583. The van der Waals surface area contributed by atoms with E-state index in [2.05, 4.69) is 217 Å². The zero-order chi connectivity index (χ0) is 42.8. The van der Waals surface area contributed by atoms with Crippen molar-refractivity contribution in [3.05, 3.63) is 215 Å². The summed E-state index contributed by atoms with van der Waals surface area (Å²) >= 11 is 0. The molecule has 63 heavy (non-hydrogen) atoms. The molecule has 304 valence electrons. The first-order valence-corrected chi connectivity index (χ1v) is 22.5. The van der Waals surface area contributed by atoms with E-state index in [9.17, 15) is 0 Å². The van der Waals surface area contributed by atoms with Gasteiger partial charge in [-0.2, -0.15) is 0 Å². The van der Waals surface area contributed by atoms with Gasteiger partial charge in [-0.1, -0.05) is 157 Å². The normalized spacial score (nSPS) is 17.4. The van der Waals surface area contributed by atoms with Crippen LogP contribution in [0.25, 0.3) is 77.9 Å². The van der Waals surface area contributed by atoms with E-state index in [1.165, 1.54) is 117 Å². The molecule has 8 aromatic rings. The molecule has 0 saturated heterocycles. The highest BCUT2D eigenvalue weighted by atomic mass is 15.1. The second kappa shape index (κ2) is 13.6. The maximum Gasteiger partial charge on any atom is 0.209 e. The van der Waals surface area contributed by atoms with Gasteiger partial charge in [-0.3, -0.25) is 5.32 Å². The van der Waals surface area contributed by atoms with Crippen molar-refractivity contribution in [2.45, 2.75) is 64.0 Å². The molecule has 0 fully saturated rings. The Balaban J connectivity index is 0.901. The summed E-state index contributed by atoms with van der Waals surface area (Å²) in [7, 11) is 0. The van der Waals surface area contributed by atoms with Crippen molar-refractivity contribution in [1.29, 1.82) is 0 Å². The van der Waals surface area contributed by atoms with E-state index in [4.69, 9.17) is 4.99 Å². The first-order chi connectivity index (χ1) is 30.5. The van der Waals surface area contributed by atoms with Gasteiger partial charge in [-0.15, -0.1) is 0 Å². The van der Waals surface area contributed by atoms with E-state index in [1.807, 2.05) is 12.3 Å². The van der Waals surface area contributed by atoms with Crippen molar-refractivity contribution in [1.82, 2.24) is 0 Å². The quantitative estimate of drug-likeness (QED) is 0.179. The van der Waals surface area contributed by atoms with E-state index in [1.54, 1.807) is 0 Å². The van der Waals surface area contributed by atoms with Crippen LogP contribution in [0.5, 0.6) is 0 Å². The Labute approximate surface area is 371 Å². The average molecular weight is 812 g/mol. The van der Waals surface area contributed by atoms with Crippen LogP contribution in [0.1, 0.15) is 86.7 Å². The fourth-order valence-corrected chi connectivity index (χ4v) is 11.5. The summed E-state index contributed by atoms with van der Waals surface area (Å²) in [6.07, 6.45) is 6.08. The van der Waals surface area contributed by atoms with Crippen LogP contribution < -0.4 is 5.32 Å². The van der Waals surface area contributed by atoms with Gasteiger partial charge in [0.25, 0.3) is 0 Å². The number of benzene rings is 8. The first kappa shape index (κ1) is 37.9. The summed E-state index contributed by atoms with van der Waals surface area (Å²) in [6, 6.07) is 62.5. The molecule has 0 spiro atoms. The van der Waals surface area contributed by atoms with E-state index in [-0.39, 0.29) is 22.4 Å². The maximum atomic E-state index is 4.73. The third-order valence-corrected chi connectivity index (χ3v) is 15.1. The number of hydrogen-bond donors (Lipinski definition) is 1. The summed E-state index contributed by atoms with van der Waals surface area (Å²) in [6.45, 7) is 14.3. The van der Waals surface area contributed by atoms with Gasteiger partial charge in [0.05, 0.1) is 6.20 Å². The van der Waals surface area contributed by atoms with Crippen LogP contribution in [0.2, 0.25) is 0 Å². The molecule has 0 bridgehead atoms. The molecule has 12 rings (SSSR count). The number of rotatable bonds is 5. The standard InChI is InChI=1S/C61H50N2/c1-59(2)52-16-11-10-15-46(52)47-24-19-40(34-53(47)59)44-29-43(37-13-8-7-9-14-37)30-45(31-44)41-20-25-50-48-22-17-38(32-54(48)60(3,4)56(50)35-41)39-18-23-49-51-26-21-42(58-62-27-12-28-63-58)36-57(51)61(5,6)55(49)33-39/h7-36,58,62H,1-6H3/p+1. The Morgan fingerprint density at radius 3 is 1.24 bits per heavy atom. The predicted octanol–water partition coefficient (Wildman–Crippen LogP) is 14.4. The van der Waals surface area contributed by atoms with Gasteiger partial charge in [0.2, 0.25) is 6.17 Å². The lowest BCUT2D eigenvalue weighted by atomic mass is 9.79. The highest BCUT2D eigenvalue weighted by Gasteiger charge is 2.39. The zero-order valence-electron chi connectivity index (χ0n) is 36.9. The molecule has 2 nitrogen and oxygen atoms in total. The molecule has 1 atom stereocenters. The summed E-state index contributed by atoms with van der Waals surface area (Å²) in [5.41, 5.74) is 27.3. The number of hydrogen-bond acceptors (Lipinski definition) is 1.